The molecule has 1 aromatic heterocycles. The van der Waals surface area contributed by atoms with Crippen molar-refractivity contribution in [2.75, 3.05) is 9.80 Å². The van der Waals surface area contributed by atoms with E-state index < -0.39 is 0 Å². The summed E-state index contributed by atoms with van der Waals surface area (Å²) in [6.07, 6.45) is 1.08. The molecule has 4 heteroatoms. The summed E-state index contributed by atoms with van der Waals surface area (Å²) in [5, 5.41) is 2.27. The van der Waals surface area contributed by atoms with Crippen LogP contribution in [0.5, 0.6) is 0 Å². The van der Waals surface area contributed by atoms with Crippen molar-refractivity contribution in [3.8, 4) is 22.3 Å². The van der Waals surface area contributed by atoms with Crippen LogP contribution in [0.1, 0.15) is 133 Å². The van der Waals surface area contributed by atoms with E-state index in [9.17, 15) is 0 Å². The molecule has 0 spiro atoms. The summed E-state index contributed by atoms with van der Waals surface area (Å²) >= 11 is 0. The molecule has 3 heterocycles. The summed E-state index contributed by atoms with van der Waals surface area (Å²) < 4.78 is 6.92. The summed E-state index contributed by atoms with van der Waals surface area (Å²) in [5.74, 6) is 0. The Balaban J connectivity index is 1.17. The van der Waals surface area contributed by atoms with Crippen LogP contribution in [0, 0.1) is 13.8 Å². The highest BCUT2D eigenvalue weighted by molar-refractivity contribution is 7.00. The van der Waals surface area contributed by atoms with Crippen LogP contribution in [0.25, 0.3) is 44.2 Å². The van der Waals surface area contributed by atoms with E-state index in [4.69, 9.17) is 4.42 Å². The summed E-state index contributed by atoms with van der Waals surface area (Å²) in [6, 6.07) is 65.4. The number of benzene rings is 9. The van der Waals surface area contributed by atoms with Gasteiger partial charge in [-0.05, 0) is 168 Å². The van der Waals surface area contributed by atoms with Gasteiger partial charge in [0, 0.05) is 44.5 Å². The van der Waals surface area contributed by atoms with Gasteiger partial charge in [0.15, 0.2) is 0 Å². The van der Waals surface area contributed by atoms with Crippen LogP contribution in [-0.4, -0.2) is 6.71 Å². The largest absolute Gasteiger partial charge is 0.456 e. The van der Waals surface area contributed by atoms with Gasteiger partial charge in [0.1, 0.15) is 11.2 Å². The fourth-order valence-corrected chi connectivity index (χ4v) is 15.2. The maximum Gasteiger partial charge on any atom is 0.252 e. The van der Waals surface area contributed by atoms with E-state index in [2.05, 4.69) is 270 Å². The average molecular weight is 1000 g/mol. The second kappa shape index (κ2) is 16.0. The first-order chi connectivity index (χ1) is 36.6. The Morgan fingerprint density at radius 1 is 0.442 bits per heavy atom. The van der Waals surface area contributed by atoms with Gasteiger partial charge in [-0.25, -0.2) is 0 Å². The number of hydrogen-bond acceptors (Lipinski definition) is 3. The second-order valence-electron chi connectivity index (χ2n) is 26.6. The number of anilines is 6. The van der Waals surface area contributed by atoms with E-state index in [-0.39, 0.29) is 33.8 Å². The van der Waals surface area contributed by atoms with E-state index in [1.165, 1.54) is 117 Å². The topological polar surface area (TPSA) is 19.6 Å². The minimum absolute atomic E-state index is 0.0190. The van der Waals surface area contributed by atoms with Crippen molar-refractivity contribution in [3.05, 3.63) is 220 Å². The van der Waals surface area contributed by atoms with Crippen molar-refractivity contribution in [1.29, 1.82) is 0 Å². The molecule has 380 valence electrons. The molecule has 2 aliphatic carbocycles. The van der Waals surface area contributed by atoms with Crippen LogP contribution >= 0.6 is 0 Å². The first-order valence-corrected chi connectivity index (χ1v) is 28.1. The molecule has 10 aromatic rings. The molecular formula is C73H69BN2O. The Hall–Kier alpha value is -7.56. The molecule has 0 N–H and O–H groups in total. The fraction of sp³-hybridized carbons (Fsp3) is 0.260. The van der Waals surface area contributed by atoms with Crippen molar-refractivity contribution < 1.29 is 4.42 Å². The lowest BCUT2D eigenvalue weighted by Crippen LogP contribution is -2.61. The Labute approximate surface area is 456 Å². The Bertz CT molecular complexity index is 4160. The quantitative estimate of drug-likeness (QED) is 0.164. The van der Waals surface area contributed by atoms with Crippen molar-refractivity contribution in [3.63, 3.8) is 0 Å². The number of furan rings is 1. The van der Waals surface area contributed by atoms with Crippen LogP contribution in [0.4, 0.5) is 34.1 Å². The van der Waals surface area contributed by atoms with Gasteiger partial charge in [-0.3, -0.25) is 0 Å². The lowest BCUT2D eigenvalue weighted by molar-refractivity contribution is 0.403. The minimum Gasteiger partial charge on any atom is -0.456 e. The number of aryl methyl sites for hydroxylation is 2. The lowest BCUT2D eigenvalue weighted by Gasteiger charge is -2.47. The fourth-order valence-electron chi connectivity index (χ4n) is 15.2. The molecule has 0 unspecified atom stereocenters. The van der Waals surface area contributed by atoms with Crippen LogP contribution in [0.3, 0.4) is 0 Å². The van der Waals surface area contributed by atoms with E-state index in [0.717, 1.165) is 34.0 Å². The smallest absolute Gasteiger partial charge is 0.252 e. The SMILES string of the molecule is Cc1ccccc1-c1cc2c3c(c1)N(c1ccc(C(C)(C)C)cc1-c1ccccc1)c1c(ccc4oc5ccccc5c14)B3c1cc3c(cc1N2c1cc2c(cc1C)C(C)(C)c1ccccc1C2(C)C)C(C)(C)CC3(C)C. The van der Waals surface area contributed by atoms with Crippen molar-refractivity contribution in [1.82, 2.24) is 0 Å². The third-order valence-electron chi connectivity index (χ3n) is 18.9. The molecule has 0 radical (unpaired) electrons. The predicted molar refractivity (Wildman–Crippen MR) is 328 cm³/mol. The zero-order valence-electron chi connectivity index (χ0n) is 47.3. The minimum atomic E-state index is -0.237. The Kier molecular flexibility index (Phi) is 9.95. The van der Waals surface area contributed by atoms with E-state index in [0.29, 0.717) is 0 Å². The van der Waals surface area contributed by atoms with Gasteiger partial charge in [0.05, 0.1) is 16.8 Å². The van der Waals surface area contributed by atoms with Gasteiger partial charge in [-0.1, -0.05) is 197 Å². The molecule has 77 heavy (non-hydrogen) atoms. The molecule has 14 rings (SSSR count). The summed E-state index contributed by atoms with van der Waals surface area (Å²) in [7, 11) is 0. The maximum absolute atomic E-state index is 6.92. The first-order valence-electron chi connectivity index (χ1n) is 28.1. The molecule has 0 fully saturated rings. The van der Waals surface area contributed by atoms with E-state index >= 15 is 0 Å². The Morgan fingerprint density at radius 3 is 1.75 bits per heavy atom. The monoisotopic (exact) mass is 1000 g/mol. The summed E-state index contributed by atoms with van der Waals surface area (Å²) in [4.78, 5) is 5.39. The molecule has 0 bridgehead atoms. The second-order valence-corrected chi connectivity index (χ2v) is 26.6. The predicted octanol–water partition coefficient (Wildman–Crippen LogP) is 17.8. The van der Waals surface area contributed by atoms with Crippen molar-refractivity contribution in [2.24, 2.45) is 0 Å². The normalized spacial score (nSPS) is 16.9. The lowest BCUT2D eigenvalue weighted by atomic mass is 9.33. The molecule has 2 aliphatic heterocycles. The zero-order chi connectivity index (χ0) is 53.5. The Morgan fingerprint density at radius 2 is 1.05 bits per heavy atom. The van der Waals surface area contributed by atoms with E-state index in [1.807, 2.05) is 0 Å². The summed E-state index contributed by atoms with van der Waals surface area (Å²) in [6.45, 7) is 31.2. The average Bonchev–Trinajstić information content (AvgIpc) is 4.09. The zero-order valence-corrected chi connectivity index (χ0v) is 47.3. The third-order valence-corrected chi connectivity index (χ3v) is 18.9. The number of hydrogen-bond donors (Lipinski definition) is 0. The highest BCUT2D eigenvalue weighted by Crippen LogP contribution is 2.57. The van der Waals surface area contributed by atoms with Crippen LogP contribution in [-0.2, 0) is 27.1 Å². The molecule has 3 nitrogen and oxygen atoms in total. The summed E-state index contributed by atoms with van der Waals surface area (Å²) in [5.41, 5.74) is 29.7. The molecule has 0 amide bonds. The standard InChI is InChI=1S/C73H69BN2O/c1-43-23-17-18-26-48(43)46-36-62-67-63(37-46)76(59-33-31-47(69(3,4)5)38-50(59)45-24-15-14-16-25-45)68-57(32-34-65-66(68)49-27-19-22-30-64(49)77-65)74(67)58-39-53-54(71(8,9)42-70(53,6)7)40-61(58)75(62)60-41-56-55(35-44(60)2)72(10,11)51-28-20-21-29-52(51)73(56,12)13/h14-41H,42H2,1-13H3. The van der Waals surface area contributed by atoms with E-state index in [1.54, 1.807) is 0 Å². The molecule has 0 saturated carbocycles. The van der Waals surface area contributed by atoms with Crippen LogP contribution < -0.4 is 26.2 Å². The van der Waals surface area contributed by atoms with Gasteiger partial charge >= 0.3 is 0 Å². The molecule has 0 atom stereocenters. The van der Waals surface area contributed by atoms with Crippen LogP contribution in [0.2, 0.25) is 0 Å². The third kappa shape index (κ3) is 6.76. The number of para-hydroxylation sites is 1. The van der Waals surface area contributed by atoms with Crippen molar-refractivity contribution >= 4 is 79.2 Å². The molecule has 4 aliphatic rings. The maximum atomic E-state index is 6.92. The van der Waals surface area contributed by atoms with Crippen molar-refractivity contribution in [2.45, 2.75) is 124 Å². The highest BCUT2D eigenvalue weighted by atomic mass is 16.3. The molecular weight excluding hydrogens is 932 g/mol. The number of fused-ring (bicyclic) bond motifs is 11. The van der Waals surface area contributed by atoms with Gasteiger partial charge in [0.25, 0.3) is 6.71 Å². The van der Waals surface area contributed by atoms with Gasteiger partial charge < -0.3 is 14.2 Å². The highest BCUT2D eigenvalue weighted by Gasteiger charge is 2.50. The molecule has 9 aromatic carbocycles. The van der Waals surface area contributed by atoms with Gasteiger partial charge in [-0.2, -0.15) is 0 Å². The van der Waals surface area contributed by atoms with Gasteiger partial charge in [0.2, 0.25) is 0 Å². The number of rotatable bonds is 4. The van der Waals surface area contributed by atoms with Gasteiger partial charge in [-0.15, -0.1) is 0 Å². The number of nitrogens with zero attached hydrogens (tertiary/aromatic N) is 2. The van der Waals surface area contributed by atoms with Crippen LogP contribution in [0.15, 0.2) is 174 Å². The first kappa shape index (κ1) is 47.9. The molecule has 0 saturated heterocycles.